The van der Waals surface area contributed by atoms with E-state index in [0.717, 1.165) is 29.1 Å². The Labute approximate surface area is 216 Å². The predicted molar refractivity (Wildman–Crippen MR) is 147 cm³/mol. The average Bonchev–Trinajstić information content (AvgIpc) is 2.86. The summed E-state index contributed by atoms with van der Waals surface area (Å²) >= 11 is 0. The number of benzene rings is 2. The molecule has 3 N–H and O–H groups in total. The Balaban J connectivity index is 1.30. The summed E-state index contributed by atoms with van der Waals surface area (Å²) in [6.45, 7) is 6.53. The van der Waals surface area contributed by atoms with Crippen molar-refractivity contribution in [1.82, 2.24) is 5.32 Å². The lowest BCUT2D eigenvalue weighted by molar-refractivity contribution is 0.475. The molecule has 186 valence electrons. The first-order valence-corrected chi connectivity index (χ1v) is 12.7. The van der Waals surface area contributed by atoms with Gasteiger partial charge >= 0.3 is 0 Å². The van der Waals surface area contributed by atoms with E-state index in [1.807, 2.05) is 30.4 Å². The van der Waals surface area contributed by atoms with E-state index in [1.165, 1.54) is 16.8 Å². The quantitative estimate of drug-likeness (QED) is 0.388. The van der Waals surface area contributed by atoms with Crippen molar-refractivity contribution in [3.63, 3.8) is 0 Å². The van der Waals surface area contributed by atoms with Crippen LogP contribution in [-0.2, 0) is 6.42 Å². The Hall–Kier alpha value is -4.26. The van der Waals surface area contributed by atoms with Crippen molar-refractivity contribution >= 4 is 22.8 Å². The van der Waals surface area contributed by atoms with Crippen LogP contribution in [-0.4, -0.2) is 16.8 Å². The Morgan fingerprint density at radius 1 is 0.973 bits per heavy atom. The van der Waals surface area contributed by atoms with Crippen LogP contribution in [0.4, 0.5) is 17.1 Å². The molecular weight excluding hydrogens is 460 g/mol. The molecule has 4 aliphatic rings. The number of hydrogen-bond donors (Lipinski definition) is 3. The lowest BCUT2D eigenvalue weighted by Crippen LogP contribution is -2.49. The summed E-state index contributed by atoms with van der Waals surface area (Å²) in [5, 5.41) is 35.3. The van der Waals surface area contributed by atoms with Gasteiger partial charge in [0.15, 0.2) is 0 Å². The lowest BCUT2D eigenvalue weighted by Gasteiger charge is -2.40. The Bertz CT molecular complexity index is 1470. The van der Waals surface area contributed by atoms with E-state index in [1.54, 1.807) is 18.2 Å². The topological polar surface area (TPSA) is 93.7 Å². The number of nitrogens with one attached hydrogen (secondary N) is 2. The number of phenols is 1. The maximum Gasteiger partial charge on any atom is 0.117 e. The molecule has 3 atom stereocenters. The largest absolute Gasteiger partial charge is 0.508 e. The van der Waals surface area contributed by atoms with Gasteiger partial charge in [0.1, 0.15) is 17.5 Å². The van der Waals surface area contributed by atoms with Gasteiger partial charge in [0.25, 0.3) is 0 Å². The molecule has 2 aromatic rings. The summed E-state index contributed by atoms with van der Waals surface area (Å²) in [6, 6.07) is 10.8. The summed E-state index contributed by atoms with van der Waals surface area (Å²) in [4.78, 5) is 0. The van der Waals surface area contributed by atoms with Gasteiger partial charge in [-0.1, -0.05) is 49.4 Å². The fraction of sp³-hybridized carbons (Fsp3) is 0.267. The lowest BCUT2D eigenvalue weighted by atomic mass is 9.83. The smallest absolute Gasteiger partial charge is 0.117 e. The van der Waals surface area contributed by atoms with Gasteiger partial charge in [0.05, 0.1) is 17.1 Å². The summed E-state index contributed by atoms with van der Waals surface area (Å²) in [6.07, 6.45) is 15.5. The van der Waals surface area contributed by atoms with E-state index in [-0.39, 0.29) is 23.4 Å². The Morgan fingerprint density at radius 3 is 2.73 bits per heavy atom. The number of anilines is 1. The van der Waals surface area contributed by atoms with Crippen LogP contribution in [0.3, 0.4) is 0 Å². The molecule has 3 unspecified atom stereocenters. The minimum atomic E-state index is -0.208. The molecule has 1 heterocycles. The predicted octanol–water partition coefficient (Wildman–Crippen LogP) is 7.48. The highest BCUT2D eigenvalue weighted by Gasteiger charge is 2.32. The number of azo groups is 2. The fourth-order valence-corrected chi connectivity index (χ4v) is 5.42. The molecule has 0 amide bonds. The van der Waals surface area contributed by atoms with Crippen LogP contribution >= 0.6 is 0 Å². The van der Waals surface area contributed by atoms with Crippen molar-refractivity contribution < 1.29 is 5.11 Å². The van der Waals surface area contributed by atoms with Crippen molar-refractivity contribution in [3.8, 4) is 5.75 Å². The van der Waals surface area contributed by atoms with E-state index < -0.39 is 0 Å². The molecule has 7 heteroatoms. The number of phenolic OH excluding ortho intramolecular Hbond substituents is 1. The van der Waals surface area contributed by atoms with Gasteiger partial charge in [-0.3, -0.25) is 0 Å². The Kier molecular flexibility index (Phi) is 5.63. The molecule has 0 radical (unpaired) electrons. The molecule has 6 rings (SSSR count). The number of aromatic hydroxyl groups is 1. The number of fused-ring (bicyclic) bond motifs is 1. The molecule has 0 spiro atoms. The summed E-state index contributed by atoms with van der Waals surface area (Å²) < 4.78 is 0. The maximum atomic E-state index is 9.71. The van der Waals surface area contributed by atoms with Crippen molar-refractivity contribution in [3.05, 3.63) is 101 Å². The zero-order valence-electron chi connectivity index (χ0n) is 21.2. The molecule has 0 saturated carbocycles. The van der Waals surface area contributed by atoms with Crippen LogP contribution in [0.25, 0.3) is 5.70 Å². The molecule has 7 nitrogen and oxygen atoms in total. The maximum absolute atomic E-state index is 9.71. The van der Waals surface area contributed by atoms with E-state index in [2.05, 4.69) is 72.0 Å². The van der Waals surface area contributed by atoms with Crippen LogP contribution in [0.5, 0.6) is 5.75 Å². The van der Waals surface area contributed by atoms with Gasteiger partial charge < -0.3 is 15.7 Å². The van der Waals surface area contributed by atoms with E-state index in [0.29, 0.717) is 11.6 Å². The van der Waals surface area contributed by atoms with Gasteiger partial charge in [-0.05, 0) is 67.7 Å². The second kappa shape index (κ2) is 9.00. The number of rotatable bonds is 4. The van der Waals surface area contributed by atoms with Crippen LogP contribution in [0.15, 0.2) is 111 Å². The van der Waals surface area contributed by atoms with E-state index in [4.69, 9.17) is 10.2 Å². The SMILES string of the molecule is CC1C=C2NC(C)(C)Nc3ccc(/N=N/C4=C5C=CC=CC5C(/N=N/c5cccc(O)c5)C=C4)c(c32)C1. The van der Waals surface area contributed by atoms with Crippen LogP contribution in [0.2, 0.25) is 0 Å². The van der Waals surface area contributed by atoms with Crippen molar-refractivity contribution in [2.24, 2.45) is 32.3 Å². The molecule has 0 aromatic heterocycles. The Morgan fingerprint density at radius 2 is 1.86 bits per heavy atom. The van der Waals surface area contributed by atoms with Crippen molar-refractivity contribution in [1.29, 1.82) is 0 Å². The van der Waals surface area contributed by atoms with E-state index in [9.17, 15) is 5.11 Å². The molecular formula is C30H30N6O. The first-order valence-electron chi connectivity index (χ1n) is 12.7. The first kappa shape index (κ1) is 23.2. The minimum Gasteiger partial charge on any atom is -0.508 e. The van der Waals surface area contributed by atoms with Gasteiger partial charge in [0.2, 0.25) is 0 Å². The average molecular weight is 491 g/mol. The minimum absolute atomic E-state index is 0.0251. The highest BCUT2D eigenvalue weighted by atomic mass is 16.3. The third kappa shape index (κ3) is 4.53. The standard InChI is InChI=1S/C30H30N6O/c1-18-15-23-26(13-14-27-29(23)28(16-18)32-30(2,3)31-27)36-35-25-12-11-24(21-9-4-5-10-22(21)25)34-33-19-7-6-8-20(37)17-19/h4-14,16-18,21,24,31-32,37H,15H2,1-3H3/b34-33+,36-35+. The third-order valence-corrected chi connectivity index (χ3v) is 7.01. The van der Waals surface area contributed by atoms with Crippen molar-refractivity contribution in [2.75, 3.05) is 5.32 Å². The van der Waals surface area contributed by atoms with Crippen LogP contribution < -0.4 is 10.6 Å². The summed E-state index contributed by atoms with van der Waals surface area (Å²) in [5.41, 5.74) is 7.95. The number of allylic oxidation sites excluding steroid dienone is 5. The third-order valence-electron chi connectivity index (χ3n) is 7.01. The van der Waals surface area contributed by atoms with Crippen molar-refractivity contribution in [2.45, 2.75) is 38.9 Å². The highest BCUT2D eigenvalue weighted by Crippen LogP contribution is 2.43. The molecule has 2 aromatic carbocycles. The molecule has 0 saturated heterocycles. The number of nitrogens with zero attached hydrogens (tertiary/aromatic N) is 4. The zero-order chi connectivity index (χ0) is 25.6. The van der Waals surface area contributed by atoms with Gasteiger partial charge in [-0.15, -0.1) is 0 Å². The monoisotopic (exact) mass is 490 g/mol. The summed E-state index contributed by atoms with van der Waals surface area (Å²) in [7, 11) is 0. The first-order chi connectivity index (χ1) is 17.9. The molecule has 0 fully saturated rings. The number of hydrogen-bond acceptors (Lipinski definition) is 7. The van der Waals surface area contributed by atoms with Crippen LogP contribution in [0.1, 0.15) is 31.9 Å². The van der Waals surface area contributed by atoms with E-state index >= 15 is 0 Å². The van der Waals surface area contributed by atoms with Gasteiger partial charge in [-0.2, -0.15) is 20.5 Å². The fourth-order valence-electron chi connectivity index (χ4n) is 5.42. The highest BCUT2D eigenvalue weighted by molar-refractivity contribution is 5.85. The molecule has 3 aliphatic carbocycles. The molecule has 1 aliphatic heterocycles. The van der Waals surface area contributed by atoms with Gasteiger partial charge in [-0.25, -0.2) is 0 Å². The molecule has 0 bridgehead atoms. The molecule has 37 heavy (non-hydrogen) atoms. The second-order valence-electron chi connectivity index (χ2n) is 10.5. The van der Waals surface area contributed by atoms with Crippen LogP contribution in [0, 0.1) is 11.8 Å². The zero-order valence-corrected chi connectivity index (χ0v) is 21.2. The summed E-state index contributed by atoms with van der Waals surface area (Å²) in [5.74, 6) is 0.614. The van der Waals surface area contributed by atoms with Gasteiger partial charge in [0, 0.05) is 28.9 Å². The second-order valence-corrected chi connectivity index (χ2v) is 10.5. The normalized spacial score (nSPS) is 25.1.